The van der Waals surface area contributed by atoms with Gasteiger partial charge in [0.1, 0.15) is 0 Å². The van der Waals surface area contributed by atoms with E-state index >= 15 is 0 Å². The van der Waals surface area contributed by atoms with Gasteiger partial charge in [0.25, 0.3) is 0 Å². The monoisotopic (exact) mass is 199 g/mol. The third-order valence-electron chi connectivity index (χ3n) is 1.56. The minimum atomic E-state index is -1.24. The van der Waals surface area contributed by atoms with E-state index in [1.54, 1.807) is 0 Å². The Morgan fingerprint density at radius 2 is 2.14 bits per heavy atom. The van der Waals surface area contributed by atoms with Crippen molar-refractivity contribution in [3.05, 3.63) is 5.53 Å². The quantitative estimate of drug-likeness (QED) is 0.371. The van der Waals surface area contributed by atoms with Gasteiger partial charge in [-0.2, -0.15) is 4.79 Å². The van der Waals surface area contributed by atoms with Gasteiger partial charge in [0.05, 0.1) is 0 Å². The number of hydrogen-bond acceptors (Lipinski definition) is 2. The van der Waals surface area contributed by atoms with Gasteiger partial charge in [-0.3, -0.25) is 4.79 Å². The van der Waals surface area contributed by atoms with Crippen LogP contribution in [0.5, 0.6) is 0 Å². The zero-order chi connectivity index (χ0) is 11.1. The smallest absolute Gasteiger partial charge is 0.338 e. The summed E-state index contributed by atoms with van der Waals surface area (Å²) in [6.45, 7) is 3.02. The molecule has 0 spiro atoms. The van der Waals surface area contributed by atoms with Crippen LogP contribution in [-0.2, 0) is 9.59 Å². The SMILES string of the molecule is CCCC(=[N+]=[N-])C(NC(C)=O)C(=O)O. The Balaban J connectivity index is 4.70. The molecule has 0 saturated heterocycles. The number of carboxylic acid groups (broad SMARTS) is 1. The number of carbonyl (C=O) groups excluding carboxylic acids is 1. The van der Waals surface area contributed by atoms with Gasteiger partial charge in [0.15, 0.2) is 0 Å². The van der Waals surface area contributed by atoms with Crippen LogP contribution in [0.4, 0.5) is 0 Å². The van der Waals surface area contributed by atoms with Gasteiger partial charge in [-0.1, -0.05) is 6.92 Å². The molecule has 0 saturated carbocycles. The van der Waals surface area contributed by atoms with Crippen LogP contribution in [0.1, 0.15) is 26.7 Å². The van der Waals surface area contributed by atoms with Crippen molar-refractivity contribution in [2.24, 2.45) is 0 Å². The second kappa shape index (κ2) is 5.88. The first-order valence-corrected chi connectivity index (χ1v) is 4.23. The van der Waals surface area contributed by atoms with Crippen LogP contribution in [-0.4, -0.2) is 33.5 Å². The molecule has 0 heterocycles. The fourth-order valence-electron chi connectivity index (χ4n) is 0.999. The standard InChI is InChI=1S/C8H13N3O3/c1-3-4-6(11-9)7(8(13)14)10-5(2)12/h7H,3-4H2,1-2H3,(H,10,12)(H,13,14). The van der Waals surface area contributed by atoms with Crippen molar-refractivity contribution in [2.75, 3.05) is 0 Å². The predicted octanol–water partition coefficient (Wildman–Crippen LogP) is 0.0466. The summed E-state index contributed by atoms with van der Waals surface area (Å²) in [5, 5.41) is 10.9. The molecule has 0 radical (unpaired) electrons. The van der Waals surface area contributed by atoms with E-state index in [0.29, 0.717) is 12.8 Å². The Labute approximate surface area is 81.5 Å². The maximum absolute atomic E-state index is 10.7. The highest BCUT2D eigenvalue weighted by molar-refractivity contribution is 6.05. The molecular weight excluding hydrogens is 186 g/mol. The summed E-state index contributed by atoms with van der Waals surface area (Å²) in [5.74, 6) is -1.71. The van der Waals surface area contributed by atoms with Crippen LogP contribution in [0.25, 0.3) is 5.53 Å². The van der Waals surface area contributed by atoms with Crippen molar-refractivity contribution < 1.29 is 19.5 Å². The van der Waals surface area contributed by atoms with Gasteiger partial charge < -0.3 is 16.0 Å². The highest BCUT2D eigenvalue weighted by atomic mass is 16.4. The second-order valence-corrected chi connectivity index (χ2v) is 2.81. The molecule has 0 fully saturated rings. The average Bonchev–Trinajstić information content (AvgIpc) is 2.10. The number of rotatable bonds is 5. The van der Waals surface area contributed by atoms with Crippen LogP contribution in [0.2, 0.25) is 0 Å². The van der Waals surface area contributed by atoms with E-state index in [0.717, 1.165) is 0 Å². The molecule has 0 aliphatic carbocycles. The fourth-order valence-corrected chi connectivity index (χ4v) is 0.999. The number of hydrogen-bond donors (Lipinski definition) is 2. The molecule has 0 aliphatic heterocycles. The van der Waals surface area contributed by atoms with Crippen LogP contribution in [0, 0.1) is 0 Å². The summed E-state index contributed by atoms with van der Waals surface area (Å²) < 4.78 is 0. The lowest BCUT2D eigenvalue weighted by Gasteiger charge is -2.07. The van der Waals surface area contributed by atoms with E-state index in [-0.39, 0.29) is 5.71 Å². The molecule has 78 valence electrons. The van der Waals surface area contributed by atoms with Gasteiger partial charge >= 0.3 is 11.7 Å². The number of aliphatic carboxylic acids is 1. The third kappa shape index (κ3) is 3.82. The van der Waals surface area contributed by atoms with Crippen LogP contribution in [0.3, 0.4) is 0 Å². The van der Waals surface area contributed by atoms with Crippen molar-refractivity contribution in [3.63, 3.8) is 0 Å². The highest BCUT2D eigenvalue weighted by Crippen LogP contribution is 1.96. The molecule has 0 bridgehead atoms. The Morgan fingerprint density at radius 3 is 2.43 bits per heavy atom. The molecule has 2 N–H and O–H groups in total. The first kappa shape index (κ1) is 12.3. The van der Waals surface area contributed by atoms with Crippen LogP contribution < -0.4 is 5.32 Å². The summed E-state index contributed by atoms with van der Waals surface area (Å²) in [6, 6.07) is -1.24. The molecule has 14 heavy (non-hydrogen) atoms. The molecule has 1 unspecified atom stereocenters. The van der Waals surface area contributed by atoms with Crippen LogP contribution in [0.15, 0.2) is 0 Å². The Morgan fingerprint density at radius 1 is 1.57 bits per heavy atom. The number of nitrogens with zero attached hydrogens (tertiary/aromatic N) is 2. The molecule has 6 nitrogen and oxygen atoms in total. The first-order valence-electron chi connectivity index (χ1n) is 4.23. The predicted molar refractivity (Wildman–Crippen MR) is 48.8 cm³/mol. The maximum Gasteiger partial charge on any atom is 0.338 e. The number of carbonyl (C=O) groups is 2. The normalized spacial score (nSPS) is 11.3. The van der Waals surface area contributed by atoms with Gasteiger partial charge in [-0.15, -0.1) is 0 Å². The topological polar surface area (TPSA) is 103 Å². The summed E-state index contributed by atoms with van der Waals surface area (Å²) in [6.07, 6.45) is 0.969. The maximum atomic E-state index is 10.7. The van der Waals surface area contributed by atoms with Crippen molar-refractivity contribution >= 4 is 17.6 Å². The largest absolute Gasteiger partial charge is 0.479 e. The summed E-state index contributed by atoms with van der Waals surface area (Å²) in [4.78, 5) is 24.2. The average molecular weight is 199 g/mol. The molecule has 1 amide bonds. The third-order valence-corrected chi connectivity index (χ3v) is 1.56. The number of carboxylic acids is 1. The molecule has 0 aromatic carbocycles. The van der Waals surface area contributed by atoms with E-state index in [1.165, 1.54) is 6.92 Å². The van der Waals surface area contributed by atoms with E-state index in [9.17, 15) is 9.59 Å². The molecule has 6 heteroatoms. The summed E-state index contributed by atoms with van der Waals surface area (Å²) in [5.41, 5.74) is 8.61. The molecule has 1 atom stereocenters. The number of amides is 1. The van der Waals surface area contributed by atoms with Crippen molar-refractivity contribution in [2.45, 2.75) is 32.7 Å². The van der Waals surface area contributed by atoms with Gasteiger partial charge in [-0.25, -0.2) is 4.79 Å². The first-order chi connectivity index (χ1) is 6.52. The van der Waals surface area contributed by atoms with Crippen molar-refractivity contribution in [1.82, 2.24) is 5.32 Å². The zero-order valence-corrected chi connectivity index (χ0v) is 8.15. The minimum absolute atomic E-state index is 0.0511. The Kier molecular flexibility index (Phi) is 5.17. The molecule has 0 aromatic heterocycles. The van der Waals surface area contributed by atoms with Crippen LogP contribution >= 0.6 is 0 Å². The van der Waals surface area contributed by atoms with E-state index < -0.39 is 17.9 Å². The van der Waals surface area contributed by atoms with Gasteiger partial charge in [0, 0.05) is 13.3 Å². The minimum Gasteiger partial charge on any atom is -0.479 e. The lowest BCUT2D eigenvalue weighted by atomic mass is 10.1. The fraction of sp³-hybridized carbons (Fsp3) is 0.625. The van der Waals surface area contributed by atoms with E-state index in [1.807, 2.05) is 6.92 Å². The number of nitrogens with one attached hydrogen (secondary N) is 1. The summed E-state index contributed by atoms with van der Waals surface area (Å²) in [7, 11) is 0. The molecule has 0 rings (SSSR count). The lowest BCUT2D eigenvalue weighted by molar-refractivity contribution is -0.140. The Bertz CT molecular complexity index is 282. The van der Waals surface area contributed by atoms with Gasteiger partial charge in [0.2, 0.25) is 11.9 Å². The lowest BCUT2D eigenvalue weighted by Crippen LogP contribution is -2.46. The van der Waals surface area contributed by atoms with Crippen molar-refractivity contribution in [3.8, 4) is 0 Å². The zero-order valence-electron chi connectivity index (χ0n) is 8.15. The molecule has 0 aromatic rings. The molecular formula is C8H13N3O3. The van der Waals surface area contributed by atoms with E-state index in [2.05, 4.69) is 10.1 Å². The summed E-state index contributed by atoms with van der Waals surface area (Å²) >= 11 is 0. The van der Waals surface area contributed by atoms with Crippen molar-refractivity contribution in [1.29, 1.82) is 0 Å². The second-order valence-electron chi connectivity index (χ2n) is 2.81. The van der Waals surface area contributed by atoms with Gasteiger partial charge in [-0.05, 0) is 6.42 Å². The Hall–Kier alpha value is -1.68. The molecule has 0 aliphatic rings. The van der Waals surface area contributed by atoms with E-state index in [4.69, 9.17) is 10.6 Å². The highest BCUT2D eigenvalue weighted by Gasteiger charge is 2.30.